The molecule has 17 heavy (non-hydrogen) atoms. The van der Waals surface area contributed by atoms with Gasteiger partial charge >= 0.3 is 0 Å². The highest BCUT2D eigenvalue weighted by Crippen LogP contribution is 2.32. The van der Waals surface area contributed by atoms with Gasteiger partial charge in [0.25, 0.3) is 0 Å². The largest absolute Gasteiger partial charge is 0.347 e. The highest BCUT2D eigenvalue weighted by molar-refractivity contribution is 5.32. The zero-order valence-electron chi connectivity index (χ0n) is 12.9. The fourth-order valence-electron chi connectivity index (χ4n) is 1.95. The van der Waals surface area contributed by atoms with Crippen LogP contribution in [0.1, 0.15) is 55.4 Å². The Morgan fingerprint density at radius 3 is 1.53 bits per heavy atom. The van der Waals surface area contributed by atoms with E-state index in [-0.39, 0.29) is 11.0 Å². The zero-order valence-corrected chi connectivity index (χ0v) is 12.9. The van der Waals surface area contributed by atoms with Crippen molar-refractivity contribution in [2.75, 3.05) is 0 Å². The second kappa shape index (κ2) is 5.12. The van der Waals surface area contributed by atoms with Crippen molar-refractivity contribution in [2.45, 2.75) is 60.9 Å². The lowest BCUT2D eigenvalue weighted by Crippen LogP contribution is -2.36. The number of rotatable bonds is 3. The number of hydrogen-bond donors (Lipinski definition) is 0. The first kappa shape index (κ1) is 16.0. The topological polar surface area (TPSA) is 3.24 Å². The van der Waals surface area contributed by atoms with Crippen molar-refractivity contribution in [3.63, 3.8) is 0 Å². The van der Waals surface area contributed by atoms with Gasteiger partial charge in [-0.15, -0.1) is 0 Å². The van der Waals surface area contributed by atoms with Gasteiger partial charge < -0.3 is 4.90 Å². The Morgan fingerprint density at radius 2 is 1.35 bits per heavy atom. The second-order valence-corrected chi connectivity index (χ2v) is 6.85. The third-order valence-electron chi connectivity index (χ3n) is 2.66. The fraction of sp³-hybridized carbons (Fsp3) is 0.625. The van der Waals surface area contributed by atoms with Crippen LogP contribution in [-0.2, 0) is 0 Å². The van der Waals surface area contributed by atoms with E-state index in [1.54, 1.807) is 0 Å². The molecule has 0 radical (unpaired) electrons. The molecule has 0 aliphatic rings. The first-order chi connectivity index (χ1) is 7.37. The zero-order chi connectivity index (χ0) is 14.0. The van der Waals surface area contributed by atoms with Gasteiger partial charge in [-0.25, -0.2) is 0 Å². The maximum absolute atomic E-state index is 4.09. The quantitative estimate of drug-likeness (QED) is 0.613. The maximum Gasteiger partial charge on any atom is 0.0358 e. The highest BCUT2D eigenvalue weighted by atomic mass is 15.2. The summed E-state index contributed by atoms with van der Waals surface area (Å²) in [4.78, 5) is 2.22. The molecule has 98 valence electrons. The summed E-state index contributed by atoms with van der Waals surface area (Å²) in [5.74, 6) is 0. The van der Waals surface area contributed by atoms with Crippen LogP contribution in [0, 0.1) is 5.41 Å². The van der Waals surface area contributed by atoms with Crippen molar-refractivity contribution < 1.29 is 0 Å². The van der Waals surface area contributed by atoms with E-state index >= 15 is 0 Å². The smallest absolute Gasteiger partial charge is 0.0358 e. The van der Waals surface area contributed by atoms with Crippen LogP contribution in [0.25, 0.3) is 0 Å². The molecule has 1 nitrogen and oxygen atoms in total. The van der Waals surface area contributed by atoms with Crippen LogP contribution in [0.2, 0.25) is 0 Å². The summed E-state index contributed by atoms with van der Waals surface area (Å²) in [6.45, 7) is 25.5. The van der Waals surface area contributed by atoms with E-state index in [4.69, 9.17) is 0 Å². The van der Waals surface area contributed by atoms with E-state index in [0.717, 1.165) is 11.3 Å². The van der Waals surface area contributed by atoms with E-state index in [1.807, 2.05) is 6.92 Å². The molecule has 0 aromatic rings. The molecule has 0 rings (SSSR count). The Labute approximate surface area is 108 Å². The summed E-state index contributed by atoms with van der Waals surface area (Å²) in [5.41, 5.74) is 3.59. The van der Waals surface area contributed by atoms with Crippen molar-refractivity contribution >= 4 is 0 Å². The summed E-state index contributed by atoms with van der Waals surface area (Å²) < 4.78 is 0. The first-order valence-electron chi connectivity index (χ1n) is 6.20. The van der Waals surface area contributed by atoms with Gasteiger partial charge in [0.05, 0.1) is 0 Å². The Bertz CT molecular complexity index is 332. The Kier molecular flexibility index (Phi) is 4.82. The third kappa shape index (κ3) is 4.80. The first-order valence-corrected chi connectivity index (χ1v) is 6.20. The average Bonchev–Trinajstić information content (AvgIpc) is 1.96. The van der Waals surface area contributed by atoms with Crippen LogP contribution in [0.4, 0.5) is 0 Å². The molecule has 0 bridgehead atoms. The molecule has 0 heterocycles. The lowest BCUT2D eigenvalue weighted by molar-refractivity contribution is 0.254. The van der Waals surface area contributed by atoms with Gasteiger partial charge in [0, 0.05) is 17.4 Å². The molecule has 0 aliphatic heterocycles. The molecule has 0 aromatic carbocycles. The Hall–Kier alpha value is -0.980. The summed E-state index contributed by atoms with van der Waals surface area (Å²) in [6, 6.07) is 0. The van der Waals surface area contributed by atoms with Crippen LogP contribution < -0.4 is 0 Å². The minimum atomic E-state index is 0.0395. The van der Waals surface area contributed by atoms with Gasteiger partial charge in [0.15, 0.2) is 0 Å². The van der Waals surface area contributed by atoms with E-state index in [2.05, 4.69) is 72.7 Å². The normalized spacial score (nSPS) is 13.5. The summed E-state index contributed by atoms with van der Waals surface area (Å²) in [7, 11) is 0. The molecule has 0 N–H and O–H groups in total. The molecular weight excluding hydrogens is 206 g/mol. The van der Waals surface area contributed by atoms with Crippen LogP contribution >= 0.6 is 0 Å². The van der Waals surface area contributed by atoms with Crippen LogP contribution in [0.15, 0.2) is 36.2 Å². The Morgan fingerprint density at radius 1 is 0.941 bits per heavy atom. The van der Waals surface area contributed by atoms with E-state index in [1.165, 1.54) is 5.57 Å². The molecule has 0 fully saturated rings. The highest BCUT2D eigenvalue weighted by Gasteiger charge is 2.23. The maximum atomic E-state index is 4.09. The fourth-order valence-corrected chi connectivity index (χ4v) is 1.95. The third-order valence-corrected chi connectivity index (χ3v) is 2.66. The van der Waals surface area contributed by atoms with Crippen molar-refractivity contribution in [1.29, 1.82) is 0 Å². The molecule has 0 unspecified atom stereocenters. The predicted molar refractivity (Wildman–Crippen MR) is 78.8 cm³/mol. The molecule has 0 aliphatic carbocycles. The molecule has 0 saturated heterocycles. The van der Waals surface area contributed by atoms with Crippen molar-refractivity contribution in [3.05, 3.63) is 36.2 Å². The van der Waals surface area contributed by atoms with Gasteiger partial charge in [-0.3, -0.25) is 0 Å². The van der Waals surface area contributed by atoms with Gasteiger partial charge in [-0.2, -0.15) is 0 Å². The summed E-state index contributed by atoms with van der Waals surface area (Å²) in [6.07, 6.45) is 2.20. The number of nitrogens with zero attached hydrogens (tertiary/aromatic N) is 1. The molecule has 0 saturated carbocycles. The molecule has 0 atom stereocenters. The van der Waals surface area contributed by atoms with Crippen LogP contribution in [0.5, 0.6) is 0 Å². The molecule has 0 spiro atoms. The van der Waals surface area contributed by atoms with Crippen LogP contribution in [0.3, 0.4) is 0 Å². The summed E-state index contributed by atoms with van der Waals surface area (Å²) >= 11 is 0. The Balaban J connectivity index is 5.58. The standard InChI is InChI=1S/C16H29N/c1-12(2)14(15(5,6)7)11-17(13(3)4)16(8,9)10/h11H,1,3H2,2,4-10H3/b14-11+. The molecule has 1 heteroatoms. The number of allylic oxidation sites excluding steroid dienone is 3. The number of hydrogen-bond acceptors (Lipinski definition) is 1. The van der Waals surface area contributed by atoms with E-state index in [0.29, 0.717) is 0 Å². The average molecular weight is 235 g/mol. The minimum absolute atomic E-state index is 0.0395. The minimum Gasteiger partial charge on any atom is -0.347 e. The van der Waals surface area contributed by atoms with Crippen molar-refractivity contribution in [3.8, 4) is 0 Å². The van der Waals surface area contributed by atoms with Gasteiger partial charge in [-0.05, 0) is 45.6 Å². The second-order valence-electron chi connectivity index (χ2n) is 6.85. The molecular formula is C16H29N. The SMILES string of the molecule is C=C(C)/C(=C\N(C(=C)C)C(C)(C)C)C(C)(C)C. The van der Waals surface area contributed by atoms with E-state index in [9.17, 15) is 0 Å². The van der Waals surface area contributed by atoms with Crippen molar-refractivity contribution in [2.24, 2.45) is 5.41 Å². The molecule has 0 amide bonds. The van der Waals surface area contributed by atoms with Crippen LogP contribution in [-0.4, -0.2) is 10.4 Å². The van der Waals surface area contributed by atoms with Crippen molar-refractivity contribution in [1.82, 2.24) is 4.90 Å². The predicted octanol–water partition coefficient (Wildman–Crippen LogP) is 5.13. The van der Waals surface area contributed by atoms with E-state index < -0.39 is 0 Å². The monoisotopic (exact) mass is 235 g/mol. The summed E-state index contributed by atoms with van der Waals surface area (Å²) in [5, 5.41) is 0. The van der Waals surface area contributed by atoms with Gasteiger partial charge in [0.1, 0.15) is 0 Å². The molecule has 0 aromatic heterocycles. The lowest BCUT2D eigenvalue weighted by atomic mass is 9.83. The van der Waals surface area contributed by atoms with Gasteiger partial charge in [-0.1, -0.05) is 39.5 Å². The van der Waals surface area contributed by atoms with Gasteiger partial charge in [0.2, 0.25) is 0 Å². The lowest BCUT2D eigenvalue weighted by Gasteiger charge is -2.37.